The Balaban J connectivity index is 1.90. The molecule has 1 N–H and O–H groups in total. The minimum atomic E-state index is -0.339. The van der Waals surface area contributed by atoms with E-state index in [0.717, 1.165) is 16.5 Å². The summed E-state index contributed by atoms with van der Waals surface area (Å²) in [5.74, 6) is 0.234. The van der Waals surface area contributed by atoms with Crippen LogP contribution in [-0.4, -0.2) is 11.0 Å². The van der Waals surface area contributed by atoms with E-state index in [-0.39, 0.29) is 5.97 Å². The number of ether oxygens (including phenoxy) is 1. The SMILES string of the molecule is Cc1ccc(C(=O)Oc2cccc3[nH]ccc23)cc1. The fourth-order valence-corrected chi connectivity index (χ4v) is 1.99. The topological polar surface area (TPSA) is 42.1 Å². The number of aryl methyl sites for hydroxylation is 1. The summed E-state index contributed by atoms with van der Waals surface area (Å²) in [6.07, 6.45) is 1.83. The molecule has 3 aromatic rings. The first-order chi connectivity index (χ1) is 9.24. The Morgan fingerprint density at radius 3 is 2.63 bits per heavy atom. The zero-order valence-electron chi connectivity index (χ0n) is 10.5. The molecule has 0 fully saturated rings. The monoisotopic (exact) mass is 251 g/mol. The summed E-state index contributed by atoms with van der Waals surface area (Å²) in [6, 6.07) is 14.8. The summed E-state index contributed by atoms with van der Waals surface area (Å²) in [5.41, 5.74) is 2.62. The molecule has 0 atom stereocenters. The fraction of sp³-hybridized carbons (Fsp3) is 0.0625. The first kappa shape index (κ1) is 11.5. The van der Waals surface area contributed by atoms with Gasteiger partial charge in [-0.25, -0.2) is 4.79 Å². The van der Waals surface area contributed by atoms with Gasteiger partial charge in [0.05, 0.1) is 5.56 Å². The number of hydrogen-bond donors (Lipinski definition) is 1. The van der Waals surface area contributed by atoms with Crippen LogP contribution in [0.1, 0.15) is 15.9 Å². The predicted octanol–water partition coefficient (Wildman–Crippen LogP) is 3.70. The summed E-state index contributed by atoms with van der Waals surface area (Å²) in [5, 5.41) is 0.906. The maximum absolute atomic E-state index is 12.1. The summed E-state index contributed by atoms with van der Waals surface area (Å²) < 4.78 is 5.45. The van der Waals surface area contributed by atoms with Crippen LogP contribution in [-0.2, 0) is 0 Å². The molecule has 0 unspecified atom stereocenters. The Kier molecular flexibility index (Phi) is 2.80. The normalized spacial score (nSPS) is 10.6. The number of carbonyl (C=O) groups excluding carboxylic acids is 1. The van der Waals surface area contributed by atoms with E-state index in [1.807, 2.05) is 43.5 Å². The number of benzene rings is 2. The van der Waals surface area contributed by atoms with Gasteiger partial charge < -0.3 is 9.72 Å². The zero-order chi connectivity index (χ0) is 13.2. The van der Waals surface area contributed by atoms with Crippen molar-refractivity contribution < 1.29 is 9.53 Å². The zero-order valence-corrected chi connectivity index (χ0v) is 10.5. The molecule has 0 radical (unpaired) electrons. The van der Waals surface area contributed by atoms with E-state index in [9.17, 15) is 4.79 Å². The van der Waals surface area contributed by atoms with E-state index >= 15 is 0 Å². The van der Waals surface area contributed by atoms with Crippen LogP contribution < -0.4 is 4.74 Å². The molecule has 0 saturated heterocycles. The van der Waals surface area contributed by atoms with Gasteiger partial charge in [-0.1, -0.05) is 23.8 Å². The van der Waals surface area contributed by atoms with E-state index in [1.165, 1.54) is 0 Å². The number of aromatic amines is 1. The van der Waals surface area contributed by atoms with Gasteiger partial charge in [0, 0.05) is 17.1 Å². The Bertz CT molecular complexity index is 726. The highest BCUT2D eigenvalue weighted by Crippen LogP contribution is 2.25. The average molecular weight is 251 g/mol. The molecule has 2 aromatic carbocycles. The van der Waals surface area contributed by atoms with Crippen LogP contribution in [0.25, 0.3) is 10.9 Å². The molecular weight excluding hydrogens is 238 g/mol. The number of nitrogens with one attached hydrogen (secondary N) is 1. The molecule has 0 aliphatic carbocycles. The number of H-pyrrole nitrogens is 1. The summed E-state index contributed by atoms with van der Waals surface area (Å²) in [6.45, 7) is 1.98. The smallest absolute Gasteiger partial charge is 0.343 e. The Morgan fingerprint density at radius 1 is 1.05 bits per heavy atom. The van der Waals surface area contributed by atoms with Crippen LogP contribution in [0.3, 0.4) is 0 Å². The van der Waals surface area contributed by atoms with Crippen molar-refractivity contribution in [1.82, 2.24) is 4.98 Å². The molecular formula is C16H13NO2. The lowest BCUT2D eigenvalue weighted by molar-refractivity contribution is 0.0737. The highest BCUT2D eigenvalue weighted by atomic mass is 16.5. The first-order valence-electron chi connectivity index (χ1n) is 6.09. The number of rotatable bonds is 2. The second-order valence-electron chi connectivity index (χ2n) is 4.45. The van der Waals surface area contributed by atoms with E-state index < -0.39 is 0 Å². The minimum Gasteiger partial charge on any atom is -0.422 e. The highest BCUT2D eigenvalue weighted by molar-refractivity contribution is 5.94. The van der Waals surface area contributed by atoms with Gasteiger partial charge in [-0.05, 0) is 37.3 Å². The molecule has 0 spiro atoms. The lowest BCUT2D eigenvalue weighted by atomic mass is 10.1. The second kappa shape index (κ2) is 4.61. The van der Waals surface area contributed by atoms with Crippen LogP contribution in [0.5, 0.6) is 5.75 Å². The number of aromatic nitrogens is 1. The van der Waals surface area contributed by atoms with E-state index in [1.54, 1.807) is 18.2 Å². The van der Waals surface area contributed by atoms with E-state index in [0.29, 0.717) is 11.3 Å². The highest BCUT2D eigenvalue weighted by Gasteiger charge is 2.10. The Hall–Kier alpha value is -2.55. The van der Waals surface area contributed by atoms with Gasteiger partial charge in [0.15, 0.2) is 0 Å². The predicted molar refractivity (Wildman–Crippen MR) is 74.4 cm³/mol. The summed E-state index contributed by atoms with van der Waals surface area (Å²) >= 11 is 0. The third kappa shape index (κ3) is 2.22. The molecule has 3 heteroatoms. The van der Waals surface area contributed by atoms with Crippen LogP contribution in [0.2, 0.25) is 0 Å². The third-order valence-electron chi connectivity index (χ3n) is 3.04. The van der Waals surface area contributed by atoms with Gasteiger partial charge in [-0.15, -0.1) is 0 Å². The van der Waals surface area contributed by atoms with Crippen molar-refractivity contribution in [3.8, 4) is 5.75 Å². The number of esters is 1. The number of hydrogen-bond acceptors (Lipinski definition) is 2. The Morgan fingerprint density at radius 2 is 1.84 bits per heavy atom. The van der Waals surface area contributed by atoms with Crippen LogP contribution >= 0.6 is 0 Å². The lowest BCUT2D eigenvalue weighted by Gasteiger charge is -2.05. The maximum Gasteiger partial charge on any atom is 0.343 e. The maximum atomic E-state index is 12.1. The lowest BCUT2D eigenvalue weighted by Crippen LogP contribution is -2.08. The van der Waals surface area contributed by atoms with Gasteiger partial charge in [0.25, 0.3) is 0 Å². The number of fused-ring (bicyclic) bond motifs is 1. The van der Waals surface area contributed by atoms with Crippen molar-refractivity contribution in [3.05, 3.63) is 65.9 Å². The third-order valence-corrected chi connectivity index (χ3v) is 3.04. The quantitative estimate of drug-likeness (QED) is 0.557. The molecule has 0 aliphatic heterocycles. The molecule has 1 heterocycles. The first-order valence-corrected chi connectivity index (χ1v) is 6.09. The van der Waals surface area contributed by atoms with Gasteiger partial charge in [-0.3, -0.25) is 0 Å². The fourth-order valence-electron chi connectivity index (χ4n) is 1.99. The van der Waals surface area contributed by atoms with Gasteiger partial charge in [0.1, 0.15) is 5.75 Å². The molecule has 94 valence electrons. The average Bonchev–Trinajstić information content (AvgIpc) is 2.89. The van der Waals surface area contributed by atoms with E-state index in [4.69, 9.17) is 4.74 Å². The van der Waals surface area contributed by atoms with Crippen molar-refractivity contribution >= 4 is 16.9 Å². The van der Waals surface area contributed by atoms with Gasteiger partial charge in [-0.2, -0.15) is 0 Å². The van der Waals surface area contributed by atoms with E-state index in [2.05, 4.69) is 4.98 Å². The van der Waals surface area contributed by atoms with Crippen molar-refractivity contribution in [1.29, 1.82) is 0 Å². The van der Waals surface area contributed by atoms with Crippen LogP contribution in [0, 0.1) is 6.92 Å². The largest absolute Gasteiger partial charge is 0.422 e. The van der Waals surface area contributed by atoms with Crippen molar-refractivity contribution in [2.24, 2.45) is 0 Å². The number of carbonyl (C=O) groups is 1. The standard InChI is InChI=1S/C16H13NO2/c1-11-5-7-12(8-6-11)16(18)19-15-4-2-3-14-13(15)9-10-17-14/h2-10,17H,1H3. The molecule has 0 amide bonds. The molecule has 0 saturated carbocycles. The van der Waals surface area contributed by atoms with Gasteiger partial charge in [0.2, 0.25) is 0 Å². The van der Waals surface area contributed by atoms with Crippen molar-refractivity contribution in [2.45, 2.75) is 6.92 Å². The minimum absolute atomic E-state index is 0.339. The van der Waals surface area contributed by atoms with Crippen LogP contribution in [0.4, 0.5) is 0 Å². The molecule has 0 bridgehead atoms. The molecule has 3 rings (SSSR count). The molecule has 3 nitrogen and oxygen atoms in total. The van der Waals surface area contributed by atoms with Crippen molar-refractivity contribution in [3.63, 3.8) is 0 Å². The van der Waals surface area contributed by atoms with Gasteiger partial charge >= 0.3 is 5.97 Å². The second-order valence-corrected chi connectivity index (χ2v) is 4.45. The summed E-state index contributed by atoms with van der Waals surface area (Å²) in [7, 11) is 0. The molecule has 1 aromatic heterocycles. The Labute approximate surface area is 110 Å². The van der Waals surface area contributed by atoms with Crippen LogP contribution in [0.15, 0.2) is 54.7 Å². The van der Waals surface area contributed by atoms with Crippen molar-refractivity contribution in [2.75, 3.05) is 0 Å². The molecule has 19 heavy (non-hydrogen) atoms. The molecule has 0 aliphatic rings. The summed E-state index contributed by atoms with van der Waals surface area (Å²) in [4.78, 5) is 15.1.